The molecule has 0 fully saturated rings. The van der Waals surface area contributed by atoms with Crippen molar-refractivity contribution in [3.05, 3.63) is 59.9 Å². The third-order valence-electron chi connectivity index (χ3n) is 3.62. The molecule has 3 aromatic heterocycles. The maximum absolute atomic E-state index is 6.01. The second kappa shape index (κ2) is 5.93. The van der Waals surface area contributed by atoms with Crippen molar-refractivity contribution in [3.8, 4) is 0 Å². The van der Waals surface area contributed by atoms with Crippen molar-refractivity contribution in [1.82, 2.24) is 29.3 Å². The predicted molar refractivity (Wildman–Crippen MR) is 92.4 cm³/mol. The van der Waals surface area contributed by atoms with Gasteiger partial charge in [-0.05, 0) is 17.2 Å². The fraction of sp³-hybridized carbons (Fsp3) is 0.125. The molecule has 1 aromatic carbocycles. The second-order valence-electron chi connectivity index (χ2n) is 5.41. The molecule has 3 heterocycles. The normalized spacial score (nSPS) is 11.1. The smallest absolute Gasteiger partial charge is 0.226 e. The maximum atomic E-state index is 6.01. The van der Waals surface area contributed by atoms with Crippen LogP contribution >= 0.6 is 11.6 Å². The zero-order valence-electron chi connectivity index (χ0n) is 12.9. The van der Waals surface area contributed by atoms with E-state index >= 15 is 0 Å². The highest BCUT2D eigenvalue weighted by molar-refractivity contribution is 6.28. The van der Waals surface area contributed by atoms with Crippen molar-refractivity contribution in [1.29, 1.82) is 0 Å². The van der Waals surface area contributed by atoms with Crippen LogP contribution in [-0.2, 0) is 13.6 Å². The Hall–Kier alpha value is -2.93. The van der Waals surface area contributed by atoms with E-state index in [4.69, 9.17) is 11.6 Å². The molecule has 120 valence electrons. The van der Waals surface area contributed by atoms with Gasteiger partial charge in [0.2, 0.25) is 5.28 Å². The van der Waals surface area contributed by atoms with Crippen LogP contribution in [0.4, 0.5) is 11.5 Å². The molecular formula is C16H14ClN7. The van der Waals surface area contributed by atoms with Crippen LogP contribution in [0.25, 0.3) is 11.2 Å². The van der Waals surface area contributed by atoms with Crippen molar-refractivity contribution in [2.24, 2.45) is 7.05 Å². The van der Waals surface area contributed by atoms with Gasteiger partial charge in [-0.3, -0.25) is 4.68 Å². The van der Waals surface area contributed by atoms with Gasteiger partial charge >= 0.3 is 0 Å². The average molecular weight is 340 g/mol. The monoisotopic (exact) mass is 339 g/mol. The Balaban J connectivity index is 1.60. The SMILES string of the molecule is Cn1cnc2c(Nc3cnn(Cc4ccccc4)c3)nc(Cl)nc21. The van der Waals surface area contributed by atoms with Crippen molar-refractivity contribution in [2.45, 2.75) is 6.54 Å². The first-order chi connectivity index (χ1) is 11.7. The number of rotatable bonds is 4. The Morgan fingerprint density at radius 2 is 2.00 bits per heavy atom. The fourth-order valence-electron chi connectivity index (χ4n) is 2.49. The number of hydrogen-bond acceptors (Lipinski definition) is 5. The zero-order valence-corrected chi connectivity index (χ0v) is 13.6. The molecular weight excluding hydrogens is 326 g/mol. The van der Waals surface area contributed by atoms with Gasteiger partial charge in [0.05, 0.1) is 24.8 Å². The Kier molecular flexibility index (Phi) is 3.62. The molecule has 8 heteroatoms. The number of aryl methyl sites for hydroxylation is 1. The summed E-state index contributed by atoms with van der Waals surface area (Å²) in [6, 6.07) is 10.2. The second-order valence-corrected chi connectivity index (χ2v) is 5.74. The minimum Gasteiger partial charge on any atom is -0.336 e. The van der Waals surface area contributed by atoms with Gasteiger partial charge in [-0.1, -0.05) is 30.3 Å². The number of anilines is 2. The van der Waals surface area contributed by atoms with E-state index in [0.717, 1.165) is 5.69 Å². The van der Waals surface area contributed by atoms with E-state index in [1.165, 1.54) is 5.56 Å². The quantitative estimate of drug-likeness (QED) is 0.578. The van der Waals surface area contributed by atoms with E-state index in [1.807, 2.05) is 36.1 Å². The molecule has 0 amide bonds. The highest BCUT2D eigenvalue weighted by atomic mass is 35.5. The van der Waals surface area contributed by atoms with Crippen LogP contribution in [0.2, 0.25) is 5.28 Å². The van der Waals surface area contributed by atoms with E-state index in [1.54, 1.807) is 17.1 Å². The standard InChI is InChI=1S/C16H14ClN7/c1-23-10-18-13-14(21-16(17)22-15(13)23)20-12-7-19-24(9-12)8-11-5-3-2-4-6-11/h2-7,9-10H,8H2,1H3,(H,20,21,22). The number of nitrogens with zero attached hydrogens (tertiary/aromatic N) is 6. The van der Waals surface area contributed by atoms with E-state index in [-0.39, 0.29) is 5.28 Å². The molecule has 24 heavy (non-hydrogen) atoms. The molecule has 0 atom stereocenters. The molecule has 0 saturated carbocycles. The number of benzene rings is 1. The summed E-state index contributed by atoms with van der Waals surface area (Å²) >= 11 is 6.01. The maximum Gasteiger partial charge on any atom is 0.226 e. The molecule has 0 aliphatic carbocycles. The summed E-state index contributed by atoms with van der Waals surface area (Å²) in [6.45, 7) is 0.700. The Bertz CT molecular complexity index is 990. The van der Waals surface area contributed by atoms with Gasteiger partial charge < -0.3 is 9.88 Å². The first-order valence-corrected chi connectivity index (χ1v) is 7.75. The lowest BCUT2D eigenvalue weighted by atomic mass is 10.2. The van der Waals surface area contributed by atoms with Gasteiger partial charge in [0.25, 0.3) is 0 Å². The van der Waals surface area contributed by atoms with Crippen molar-refractivity contribution in [2.75, 3.05) is 5.32 Å². The number of hydrogen-bond donors (Lipinski definition) is 1. The summed E-state index contributed by atoms with van der Waals surface area (Å²) in [4.78, 5) is 12.7. The molecule has 0 unspecified atom stereocenters. The summed E-state index contributed by atoms with van der Waals surface area (Å²) in [6.07, 6.45) is 5.34. The molecule has 0 bridgehead atoms. The topological polar surface area (TPSA) is 73.5 Å². The molecule has 4 rings (SSSR count). The first kappa shape index (κ1) is 14.6. The number of halogens is 1. The summed E-state index contributed by atoms with van der Waals surface area (Å²) in [5.41, 5.74) is 3.34. The number of fused-ring (bicyclic) bond motifs is 1. The third-order valence-corrected chi connectivity index (χ3v) is 3.78. The van der Waals surface area contributed by atoms with Crippen molar-refractivity contribution < 1.29 is 0 Å². The highest BCUT2D eigenvalue weighted by Crippen LogP contribution is 2.23. The fourth-order valence-corrected chi connectivity index (χ4v) is 2.65. The van der Waals surface area contributed by atoms with Crippen LogP contribution in [0.1, 0.15) is 5.56 Å². The van der Waals surface area contributed by atoms with E-state index in [9.17, 15) is 0 Å². The summed E-state index contributed by atoms with van der Waals surface area (Å²) < 4.78 is 3.66. The van der Waals surface area contributed by atoms with Crippen LogP contribution in [0.5, 0.6) is 0 Å². The zero-order chi connectivity index (χ0) is 16.5. The van der Waals surface area contributed by atoms with Crippen molar-refractivity contribution >= 4 is 34.3 Å². The van der Waals surface area contributed by atoms with Crippen LogP contribution in [-0.4, -0.2) is 29.3 Å². The Morgan fingerprint density at radius 3 is 2.83 bits per heavy atom. The van der Waals surface area contributed by atoms with Crippen LogP contribution in [0.3, 0.4) is 0 Å². The summed E-state index contributed by atoms with van der Waals surface area (Å²) in [5.74, 6) is 0.560. The first-order valence-electron chi connectivity index (χ1n) is 7.37. The van der Waals surface area contributed by atoms with Gasteiger partial charge in [-0.2, -0.15) is 15.1 Å². The summed E-state index contributed by atoms with van der Waals surface area (Å²) in [5, 5.41) is 7.75. The number of imidazole rings is 1. The van der Waals surface area contributed by atoms with Gasteiger partial charge in [0.15, 0.2) is 17.0 Å². The Morgan fingerprint density at radius 1 is 1.17 bits per heavy atom. The average Bonchev–Trinajstić information content (AvgIpc) is 3.16. The third kappa shape index (κ3) is 2.81. The van der Waals surface area contributed by atoms with Gasteiger partial charge in [0.1, 0.15) is 0 Å². The number of nitrogens with one attached hydrogen (secondary N) is 1. The van der Waals surface area contributed by atoms with Gasteiger partial charge in [-0.15, -0.1) is 0 Å². The van der Waals surface area contributed by atoms with Crippen LogP contribution in [0.15, 0.2) is 49.1 Å². The molecule has 0 aliphatic rings. The lowest BCUT2D eigenvalue weighted by Crippen LogP contribution is -2.00. The lowest BCUT2D eigenvalue weighted by molar-refractivity contribution is 0.687. The minimum atomic E-state index is 0.172. The summed E-state index contributed by atoms with van der Waals surface area (Å²) in [7, 11) is 1.86. The molecule has 0 spiro atoms. The van der Waals surface area contributed by atoms with Gasteiger partial charge in [-0.25, -0.2) is 4.98 Å². The molecule has 0 radical (unpaired) electrons. The largest absolute Gasteiger partial charge is 0.336 e. The molecule has 7 nitrogen and oxygen atoms in total. The minimum absolute atomic E-state index is 0.172. The van der Waals surface area contributed by atoms with Crippen LogP contribution in [0, 0.1) is 0 Å². The van der Waals surface area contributed by atoms with E-state index < -0.39 is 0 Å². The molecule has 4 aromatic rings. The molecule has 0 aliphatic heterocycles. The molecule has 0 saturated heterocycles. The van der Waals surface area contributed by atoms with Crippen molar-refractivity contribution in [3.63, 3.8) is 0 Å². The lowest BCUT2D eigenvalue weighted by Gasteiger charge is -2.04. The Labute approximate surface area is 142 Å². The van der Waals surface area contributed by atoms with Gasteiger partial charge in [0, 0.05) is 13.2 Å². The van der Waals surface area contributed by atoms with Crippen LogP contribution < -0.4 is 5.32 Å². The van der Waals surface area contributed by atoms with E-state index in [2.05, 4.69) is 37.5 Å². The highest BCUT2D eigenvalue weighted by Gasteiger charge is 2.12. The molecule has 1 N–H and O–H groups in total. The predicted octanol–water partition coefficient (Wildman–Crippen LogP) is 3.01. The van der Waals surface area contributed by atoms with E-state index in [0.29, 0.717) is 23.5 Å². The number of aromatic nitrogens is 6.